The minimum absolute atomic E-state index is 0.795. The van der Waals surface area contributed by atoms with Gasteiger partial charge in [0.15, 0.2) is 0 Å². The number of fused-ring (bicyclic) bond motifs is 4. The number of benzene rings is 4. The first-order valence-corrected chi connectivity index (χ1v) is 20.4. The van der Waals surface area contributed by atoms with Gasteiger partial charge in [0.05, 0.1) is 9.52 Å². The second kappa shape index (κ2) is 14.0. The van der Waals surface area contributed by atoms with Crippen molar-refractivity contribution < 1.29 is 20.8 Å². The Morgan fingerprint density at radius 1 is 0.868 bits per heavy atom. The molecule has 0 spiro atoms. The van der Waals surface area contributed by atoms with Crippen LogP contribution < -0.4 is 10.4 Å². The minimum atomic E-state index is -0.826. The minimum Gasteiger partial charge on any atom is -0.184 e. The summed E-state index contributed by atoms with van der Waals surface area (Å²) in [6, 6.07) is 34.5. The quantitative estimate of drug-likeness (QED) is 0.135. The molecule has 0 aromatic heterocycles. The van der Waals surface area contributed by atoms with Crippen molar-refractivity contribution in [1.29, 1.82) is 0 Å². The van der Waals surface area contributed by atoms with Crippen LogP contribution in [0.2, 0.25) is 0 Å². The van der Waals surface area contributed by atoms with Crippen LogP contribution in [0.15, 0.2) is 84.9 Å². The molecule has 0 N–H and O–H groups in total. The number of hydrogen-bond donors (Lipinski definition) is 0. The summed E-state index contributed by atoms with van der Waals surface area (Å²) in [5, 5.41) is 5.63. The van der Waals surface area contributed by atoms with Gasteiger partial charge in [-0.3, -0.25) is 0 Å². The summed E-state index contributed by atoms with van der Waals surface area (Å²) in [6.45, 7) is 8.88. The summed E-state index contributed by atoms with van der Waals surface area (Å²) >= 11 is -0.826. The SMILES string of the molecule is CCCc1ccc2[cH-]c(CC)cc2c1-c1cc(C)cc(C)c1.[Cl][Zr+2][Cl].[c-]1cccc2c1[Si]c1ccccc1-2. The molecule has 0 amide bonds. The van der Waals surface area contributed by atoms with E-state index in [0.29, 0.717) is 0 Å². The van der Waals surface area contributed by atoms with E-state index in [1.807, 2.05) is 6.07 Å². The van der Waals surface area contributed by atoms with Crippen molar-refractivity contribution in [1.82, 2.24) is 0 Å². The van der Waals surface area contributed by atoms with Crippen molar-refractivity contribution in [3.63, 3.8) is 0 Å². The molecule has 0 saturated heterocycles. The molecule has 0 bridgehead atoms. The largest absolute Gasteiger partial charge is 0.184 e. The van der Waals surface area contributed by atoms with Crippen LogP contribution >= 0.6 is 17.0 Å². The Kier molecular flexibility index (Phi) is 10.7. The molecule has 5 aromatic carbocycles. The third-order valence-corrected chi connectivity index (χ3v) is 8.18. The molecular formula is C34H32Cl2SiZr. The Labute approximate surface area is 249 Å². The molecule has 1 aliphatic heterocycles. The predicted octanol–water partition coefficient (Wildman–Crippen LogP) is 8.86. The normalized spacial score (nSPS) is 11.0. The molecule has 2 radical (unpaired) electrons. The first kappa shape index (κ1) is 29.2. The van der Waals surface area contributed by atoms with Crippen LogP contribution in [0, 0.1) is 19.9 Å². The van der Waals surface area contributed by atoms with Crippen LogP contribution in [-0.2, 0) is 33.7 Å². The van der Waals surface area contributed by atoms with E-state index in [1.54, 1.807) is 0 Å². The van der Waals surface area contributed by atoms with Crippen LogP contribution in [0.5, 0.6) is 0 Å². The molecule has 38 heavy (non-hydrogen) atoms. The molecule has 0 atom stereocenters. The molecule has 190 valence electrons. The fourth-order valence-electron chi connectivity index (χ4n) is 5.26. The van der Waals surface area contributed by atoms with Crippen molar-refractivity contribution in [3.8, 4) is 22.3 Å². The smallest absolute Gasteiger partial charge is 0.0920 e. The Hall–Kier alpha value is -1.83. The Balaban J connectivity index is 0.000000177. The van der Waals surface area contributed by atoms with E-state index in [4.69, 9.17) is 17.0 Å². The summed E-state index contributed by atoms with van der Waals surface area (Å²) < 4.78 is 0. The van der Waals surface area contributed by atoms with Gasteiger partial charge in [-0.2, -0.15) is 35.5 Å². The molecule has 1 aliphatic rings. The van der Waals surface area contributed by atoms with E-state index < -0.39 is 20.8 Å². The van der Waals surface area contributed by atoms with Crippen molar-refractivity contribution in [3.05, 3.63) is 113 Å². The van der Waals surface area contributed by atoms with Crippen molar-refractivity contribution in [2.45, 2.75) is 47.0 Å². The number of aryl methyl sites for hydroxylation is 4. The standard InChI is InChI=1S/C22H25.C12H7Si.2ClH.Zr/c1-5-7-18-8-9-19-13-17(6-2)14-21(19)22(18)20-11-15(3)10-16(4)12-20;1-3-7-11-9(5-1)10-6-2-4-8-12(10)13-11;;;/h8-14H,5-7H2,1-4H3;1-7H;2*1H;/q2*-1;;;+4/p-2. The zero-order chi connectivity index (χ0) is 27.1. The summed E-state index contributed by atoms with van der Waals surface area (Å²) in [6.07, 6.45) is 3.43. The van der Waals surface area contributed by atoms with Crippen molar-refractivity contribution >= 4 is 47.7 Å². The monoisotopic (exact) mass is 628 g/mol. The van der Waals surface area contributed by atoms with E-state index in [1.165, 1.54) is 72.1 Å². The average Bonchev–Trinajstić information content (AvgIpc) is 3.50. The zero-order valence-electron chi connectivity index (χ0n) is 22.5. The molecule has 0 aliphatic carbocycles. The first-order valence-electron chi connectivity index (χ1n) is 13.1. The predicted molar refractivity (Wildman–Crippen MR) is 165 cm³/mol. The molecule has 5 aromatic rings. The fourth-order valence-corrected chi connectivity index (χ4v) is 6.57. The second-order valence-corrected chi connectivity index (χ2v) is 14.7. The third kappa shape index (κ3) is 6.83. The Morgan fingerprint density at radius 2 is 1.58 bits per heavy atom. The Morgan fingerprint density at radius 3 is 2.29 bits per heavy atom. The van der Waals surface area contributed by atoms with Crippen molar-refractivity contribution in [2.24, 2.45) is 0 Å². The van der Waals surface area contributed by atoms with Crippen molar-refractivity contribution in [2.75, 3.05) is 0 Å². The van der Waals surface area contributed by atoms with Gasteiger partial charge >= 0.3 is 37.9 Å². The van der Waals surface area contributed by atoms with Gasteiger partial charge in [0.25, 0.3) is 0 Å². The molecule has 0 unspecified atom stereocenters. The molecule has 0 nitrogen and oxygen atoms in total. The maximum Gasteiger partial charge on any atom is 0.0920 e. The second-order valence-electron chi connectivity index (χ2n) is 9.65. The first-order chi connectivity index (χ1) is 18.5. The van der Waals surface area contributed by atoms with Gasteiger partial charge in [0, 0.05) is 0 Å². The third-order valence-electron chi connectivity index (χ3n) is 6.81. The van der Waals surface area contributed by atoms with Crippen LogP contribution in [-0.4, -0.2) is 9.52 Å². The van der Waals surface area contributed by atoms with E-state index in [2.05, 4.69) is 113 Å². The van der Waals surface area contributed by atoms with E-state index in [-0.39, 0.29) is 0 Å². The van der Waals surface area contributed by atoms with Gasteiger partial charge in [-0.05, 0) is 32.3 Å². The zero-order valence-corrected chi connectivity index (χ0v) is 27.4. The van der Waals surface area contributed by atoms with Gasteiger partial charge < -0.3 is 0 Å². The van der Waals surface area contributed by atoms with Gasteiger partial charge in [0.2, 0.25) is 0 Å². The summed E-state index contributed by atoms with van der Waals surface area (Å²) in [7, 11) is 10.7. The average molecular weight is 631 g/mol. The van der Waals surface area contributed by atoms with Crippen LogP contribution in [0.4, 0.5) is 0 Å². The van der Waals surface area contributed by atoms with Gasteiger partial charge in [-0.1, -0.05) is 95.7 Å². The summed E-state index contributed by atoms with van der Waals surface area (Å²) in [5.74, 6) is 0. The molecule has 0 fully saturated rings. The molecular weight excluding hydrogens is 599 g/mol. The van der Waals surface area contributed by atoms with Gasteiger partial charge in [0.1, 0.15) is 0 Å². The molecule has 0 saturated carbocycles. The van der Waals surface area contributed by atoms with Crippen LogP contribution in [0.1, 0.15) is 42.5 Å². The van der Waals surface area contributed by atoms with Crippen LogP contribution in [0.25, 0.3) is 33.0 Å². The Bertz CT molecular complexity index is 1460. The molecule has 6 rings (SSSR count). The van der Waals surface area contributed by atoms with Crippen LogP contribution in [0.3, 0.4) is 0 Å². The summed E-state index contributed by atoms with van der Waals surface area (Å²) in [5.41, 5.74) is 11.2. The molecule has 4 heteroatoms. The van der Waals surface area contributed by atoms with E-state index in [9.17, 15) is 0 Å². The number of hydrogen-bond acceptors (Lipinski definition) is 0. The maximum atomic E-state index is 4.93. The van der Waals surface area contributed by atoms with Gasteiger partial charge in [-0.25, -0.2) is 0 Å². The summed E-state index contributed by atoms with van der Waals surface area (Å²) in [4.78, 5) is 0. The van der Waals surface area contributed by atoms with Gasteiger partial charge in [-0.15, -0.1) is 40.1 Å². The number of halogens is 2. The maximum absolute atomic E-state index is 4.93. The van der Waals surface area contributed by atoms with E-state index in [0.717, 1.165) is 22.4 Å². The number of rotatable bonds is 4. The molecule has 1 heterocycles. The topological polar surface area (TPSA) is 0 Å². The van der Waals surface area contributed by atoms with E-state index >= 15 is 0 Å². The fraction of sp³-hybridized carbons (Fsp3) is 0.206.